The van der Waals surface area contributed by atoms with Crippen LogP contribution in [-0.2, 0) is 4.79 Å². The summed E-state index contributed by atoms with van der Waals surface area (Å²) in [5.41, 5.74) is -0.303. The van der Waals surface area contributed by atoms with Crippen molar-refractivity contribution in [1.82, 2.24) is 0 Å². The Bertz CT molecular complexity index is 395. The van der Waals surface area contributed by atoms with E-state index in [-0.39, 0.29) is 5.69 Å². The molecule has 0 amide bonds. The van der Waals surface area contributed by atoms with Crippen LogP contribution in [0.5, 0.6) is 5.75 Å². The maximum absolute atomic E-state index is 10.2. The van der Waals surface area contributed by atoms with Crippen LogP contribution in [0.15, 0.2) is 23.2 Å². The Morgan fingerprint density at radius 3 is 2.69 bits per heavy atom. The first-order chi connectivity index (χ1) is 6.15. The van der Waals surface area contributed by atoms with Crippen LogP contribution in [0, 0.1) is 10.1 Å². The average molecular weight is 180 g/mol. The van der Waals surface area contributed by atoms with Crippen LogP contribution in [-0.4, -0.2) is 16.1 Å². The Labute approximate surface area is 72.3 Å². The first kappa shape index (κ1) is 8.89. The second kappa shape index (κ2) is 3.46. The van der Waals surface area contributed by atoms with E-state index in [1.54, 1.807) is 0 Å². The molecule has 0 atom stereocenters. The average Bonchev–Trinajstić information content (AvgIpc) is 2.04. The highest BCUT2D eigenvalue weighted by atomic mass is 16.6. The molecule has 6 heteroatoms. The first-order valence-electron chi connectivity index (χ1n) is 3.20. The topological polar surface area (TPSA) is 92.8 Å². The second-order valence-electron chi connectivity index (χ2n) is 2.13. The molecule has 0 saturated heterocycles. The summed E-state index contributed by atoms with van der Waals surface area (Å²) in [7, 11) is 0. The van der Waals surface area contributed by atoms with Gasteiger partial charge in [-0.1, -0.05) is 0 Å². The fraction of sp³-hybridized carbons (Fsp3) is 0. The number of aliphatic imine (C=N–C) groups is 1. The summed E-state index contributed by atoms with van der Waals surface area (Å²) >= 11 is 0. The molecule has 0 aliphatic heterocycles. The highest BCUT2D eigenvalue weighted by Crippen LogP contribution is 2.29. The molecule has 1 aromatic carbocycles. The molecule has 0 spiro atoms. The third kappa shape index (κ3) is 1.88. The molecule has 66 valence electrons. The normalized spacial score (nSPS) is 8.92. The minimum Gasteiger partial charge on any atom is -0.502 e. The standard InChI is InChI=1S/C7H4N2O4/c10-4-8-5-1-2-6(9(12)13)7(11)3-5/h1-3,11H. The van der Waals surface area contributed by atoms with Crippen molar-refractivity contribution in [2.45, 2.75) is 0 Å². The molecule has 0 heterocycles. The van der Waals surface area contributed by atoms with Crippen molar-refractivity contribution >= 4 is 17.5 Å². The van der Waals surface area contributed by atoms with Gasteiger partial charge in [-0.15, -0.1) is 0 Å². The number of hydrogen-bond acceptors (Lipinski definition) is 5. The number of nitro groups is 1. The van der Waals surface area contributed by atoms with Crippen molar-refractivity contribution in [1.29, 1.82) is 0 Å². The Morgan fingerprint density at radius 1 is 1.54 bits per heavy atom. The molecule has 0 aliphatic rings. The van der Waals surface area contributed by atoms with Gasteiger partial charge in [0.15, 0.2) is 5.75 Å². The summed E-state index contributed by atoms with van der Waals surface area (Å²) in [5, 5.41) is 19.3. The lowest BCUT2D eigenvalue weighted by Gasteiger charge is -1.95. The van der Waals surface area contributed by atoms with Crippen LogP contribution in [0.25, 0.3) is 0 Å². The van der Waals surface area contributed by atoms with Gasteiger partial charge in [-0.3, -0.25) is 10.1 Å². The molecule has 13 heavy (non-hydrogen) atoms. The molecule has 6 nitrogen and oxygen atoms in total. The van der Waals surface area contributed by atoms with Gasteiger partial charge in [-0.05, 0) is 6.07 Å². The van der Waals surface area contributed by atoms with Crippen molar-refractivity contribution in [3.63, 3.8) is 0 Å². The highest BCUT2D eigenvalue weighted by molar-refractivity contribution is 5.57. The number of nitro benzene ring substituents is 1. The highest BCUT2D eigenvalue weighted by Gasteiger charge is 2.12. The zero-order valence-electron chi connectivity index (χ0n) is 6.30. The van der Waals surface area contributed by atoms with Gasteiger partial charge in [0, 0.05) is 12.1 Å². The van der Waals surface area contributed by atoms with Crippen LogP contribution in [0.1, 0.15) is 0 Å². The molecular formula is C7H4N2O4. The lowest BCUT2D eigenvalue weighted by molar-refractivity contribution is -0.385. The maximum Gasteiger partial charge on any atom is 0.310 e. The second-order valence-corrected chi connectivity index (χ2v) is 2.13. The number of hydrogen-bond donors (Lipinski definition) is 1. The van der Waals surface area contributed by atoms with Gasteiger partial charge < -0.3 is 5.11 Å². The number of carbonyl (C=O) groups excluding carboxylic acids is 1. The quantitative estimate of drug-likeness (QED) is 0.321. The third-order valence-corrected chi connectivity index (χ3v) is 1.33. The van der Waals surface area contributed by atoms with E-state index in [0.29, 0.717) is 0 Å². The summed E-state index contributed by atoms with van der Waals surface area (Å²) in [6.07, 6.45) is 1.25. The van der Waals surface area contributed by atoms with Gasteiger partial charge in [0.2, 0.25) is 6.08 Å². The summed E-state index contributed by atoms with van der Waals surface area (Å²) in [4.78, 5) is 22.5. The molecule has 0 fully saturated rings. The molecule has 0 saturated carbocycles. The van der Waals surface area contributed by atoms with Crippen molar-refractivity contribution in [3.8, 4) is 5.75 Å². The molecule has 0 bridgehead atoms. The van der Waals surface area contributed by atoms with E-state index in [9.17, 15) is 14.9 Å². The summed E-state index contributed by atoms with van der Waals surface area (Å²) in [6.45, 7) is 0. The van der Waals surface area contributed by atoms with Gasteiger partial charge in [-0.2, -0.15) is 4.99 Å². The number of isocyanates is 1. The molecule has 1 N–H and O–H groups in total. The maximum atomic E-state index is 10.2. The van der Waals surface area contributed by atoms with Gasteiger partial charge in [-0.25, -0.2) is 4.79 Å². The van der Waals surface area contributed by atoms with E-state index >= 15 is 0 Å². The molecule has 0 unspecified atom stereocenters. The van der Waals surface area contributed by atoms with Gasteiger partial charge in [0.05, 0.1) is 10.6 Å². The van der Waals surface area contributed by atoms with Gasteiger partial charge in [0.1, 0.15) is 0 Å². The zero-order valence-corrected chi connectivity index (χ0v) is 6.30. The Morgan fingerprint density at radius 2 is 2.23 bits per heavy atom. The smallest absolute Gasteiger partial charge is 0.310 e. The van der Waals surface area contributed by atoms with Crippen molar-refractivity contribution in [2.24, 2.45) is 4.99 Å². The molecule has 0 aliphatic carbocycles. The van der Waals surface area contributed by atoms with Gasteiger partial charge >= 0.3 is 5.69 Å². The van der Waals surface area contributed by atoms with Gasteiger partial charge in [0.25, 0.3) is 0 Å². The van der Waals surface area contributed by atoms with E-state index in [4.69, 9.17) is 5.11 Å². The molecule has 1 rings (SSSR count). The SMILES string of the molecule is O=C=Nc1ccc([N+](=O)[O-])c(O)c1. The number of nitrogens with zero attached hydrogens (tertiary/aromatic N) is 2. The number of aromatic hydroxyl groups is 1. The Balaban J connectivity index is 3.19. The van der Waals surface area contributed by atoms with E-state index in [1.165, 1.54) is 12.1 Å². The van der Waals surface area contributed by atoms with Crippen LogP contribution >= 0.6 is 0 Å². The molecule has 0 aromatic heterocycles. The summed E-state index contributed by atoms with van der Waals surface area (Å²) < 4.78 is 0. The van der Waals surface area contributed by atoms with Crippen molar-refractivity contribution < 1.29 is 14.8 Å². The third-order valence-electron chi connectivity index (χ3n) is 1.33. The van der Waals surface area contributed by atoms with Crippen LogP contribution < -0.4 is 0 Å². The van der Waals surface area contributed by atoms with Crippen LogP contribution in [0.2, 0.25) is 0 Å². The summed E-state index contributed by atoms with van der Waals surface area (Å²) in [5.74, 6) is -0.526. The lowest BCUT2D eigenvalue weighted by atomic mass is 10.2. The van der Waals surface area contributed by atoms with E-state index < -0.39 is 16.4 Å². The zero-order chi connectivity index (χ0) is 9.84. The monoisotopic (exact) mass is 180 g/mol. The minimum absolute atomic E-state index is 0.123. The van der Waals surface area contributed by atoms with E-state index in [2.05, 4.69) is 4.99 Å². The fourth-order valence-electron chi connectivity index (χ4n) is 0.788. The van der Waals surface area contributed by atoms with Crippen molar-refractivity contribution in [3.05, 3.63) is 28.3 Å². The fourth-order valence-corrected chi connectivity index (χ4v) is 0.788. The largest absolute Gasteiger partial charge is 0.502 e. The number of phenols is 1. The summed E-state index contributed by atoms with van der Waals surface area (Å²) in [6, 6.07) is 3.32. The number of rotatable bonds is 2. The first-order valence-corrected chi connectivity index (χ1v) is 3.20. The van der Waals surface area contributed by atoms with Crippen molar-refractivity contribution in [2.75, 3.05) is 0 Å². The number of benzene rings is 1. The molecule has 0 radical (unpaired) electrons. The molecule has 1 aromatic rings. The van der Waals surface area contributed by atoms with E-state index in [1.807, 2.05) is 0 Å². The lowest BCUT2D eigenvalue weighted by Crippen LogP contribution is -1.87. The van der Waals surface area contributed by atoms with Crippen LogP contribution in [0.4, 0.5) is 11.4 Å². The minimum atomic E-state index is -0.732. The predicted molar refractivity (Wildman–Crippen MR) is 42.5 cm³/mol. The Kier molecular flexibility index (Phi) is 2.37. The van der Waals surface area contributed by atoms with Crippen LogP contribution in [0.3, 0.4) is 0 Å². The number of phenolic OH excluding ortho intramolecular Hbond substituents is 1. The Hall–Kier alpha value is -2.20. The predicted octanol–water partition coefficient (Wildman–Crippen LogP) is 1.27. The molecular weight excluding hydrogens is 176 g/mol. The van der Waals surface area contributed by atoms with E-state index in [0.717, 1.165) is 12.1 Å².